The summed E-state index contributed by atoms with van der Waals surface area (Å²) in [5, 5.41) is 9.74. The maximum absolute atomic E-state index is 14.2. The Hall–Kier alpha value is -3.67. The summed E-state index contributed by atoms with van der Waals surface area (Å²) in [6.45, 7) is 0. The van der Waals surface area contributed by atoms with Gasteiger partial charge in [-0.2, -0.15) is 0 Å². The summed E-state index contributed by atoms with van der Waals surface area (Å²) in [5.41, 5.74) is 3.25. The lowest BCUT2D eigenvalue weighted by molar-refractivity contribution is -0.136. The van der Waals surface area contributed by atoms with Gasteiger partial charge in [-0.25, -0.2) is 4.39 Å². The Balaban J connectivity index is 1.62. The zero-order valence-corrected chi connectivity index (χ0v) is 15.7. The second-order valence-corrected chi connectivity index (χ2v) is 6.65. The van der Waals surface area contributed by atoms with Gasteiger partial charge in [0.2, 0.25) is 0 Å². The number of fused-ring (bicyclic) bond motifs is 1. The maximum atomic E-state index is 14.2. The molecule has 1 N–H and O–H groups in total. The van der Waals surface area contributed by atoms with E-state index in [2.05, 4.69) is 4.98 Å². The van der Waals surface area contributed by atoms with E-state index in [1.807, 2.05) is 24.3 Å². The van der Waals surface area contributed by atoms with Crippen LogP contribution in [0.15, 0.2) is 65.2 Å². The van der Waals surface area contributed by atoms with Gasteiger partial charge in [0.25, 0.3) is 0 Å². The number of ether oxygens (including phenoxy) is 1. The smallest absolute Gasteiger partial charge is 0.303 e. The predicted molar refractivity (Wildman–Crippen MR) is 107 cm³/mol. The van der Waals surface area contributed by atoms with Crippen molar-refractivity contribution < 1.29 is 23.4 Å². The lowest BCUT2D eigenvalue weighted by Gasteiger charge is -2.06. The van der Waals surface area contributed by atoms with Gasteiger partial charge < -0.3 is 14.3 Å². The van der Waals surface area contributed by atoms with Gasteiger partial charge in [-0.05, 0) is 48.4 Å². The van der Waals surface area contributed by atoms with Gasteiger partial charge in [0.1, 0.15) is 22.8 Å². The lowest BCUT2D eigenvalue weighted by atomic mass is 10.1. The Morgan fingerprint density at radius 3 is 2.72 bits per heavy atom. The zero-order chi connectivity index (χ0) is 20.4. The number of rotatable bonds is 6. The monoisotopic (exact) mass is 391 g/mol. The largest absolute Gasteiger partial charge is 0.497 e. The lowest BCUT2D eigenvalue weighted by Crippen LogP contribution is -1.96. The zero-order valence-electron chi connectivity index (χ0n) is 15.7. The Labute approximate surface area is 166 Å². The minimum atomic E-state index is -0.831. The first-order valence-corrected chi connectivity index (χ1v) is 9.08. The van der Waals surface area contributed by atoms with E-state index in [4.69, 9.17) is 14.3 Å². The van der Waals surface area contributed by atoms with Crippen LogP contribution in [0.3, 0.4) is 0 Å². The van der Waals surface area contributed by atoms with Gasteiger partial charge in [0.15, 0.2) is 5.76 Å². The first kappa shape index (κ1) is 18.7. The first-order valence-electron chi connectivity index (χ1n) is 9.08. The number of aromatic nitrogens is 1. The minimum absolute atomic E-state index is 0.0723. The van der Waals surface area contributed by atoms with Crippen molar-refractivity contribution in [2.24, 2.45) is 0 Å². The number of carboxylic acid groups (broad SMARTS) is 1. The van der Waals surface area contributed by atoms with Gasteiger partial charge in [-0.15, -0.1) is 0 Å². The summed E-state index contributed by atoms with van der Waals surface area (Å²) in [6.07, 6.45) is 2.11. The van der Waals surface area contributed by atoms with Crippen LogP contribution in [-0.2, 0) is 11.2 Å². The highest BCUT2D eigenvalue weighted by molar-refractivity contribution is 5.83. The molecule has 146 valence electrons. The van der Waals surface area contributed by atoms with E-state index >= 15 is 0 Å². The van der Waals surface area contributed by atoms with Gasteiger partial charge in [0.05, 0.1) is 7.11 Å². The van der Waals surface area contributed by atoms with Crippen LogP contribution in [0.5, 0.6) is 5.75 Å². The quantitative estimate of drug-likeness (QED) is 0.481. The molecule has 0 aliphatic carbocycles. The fraction of sp³-hybridized carbons (Fsp3) is 0.130. The Bertz CT molecular complexity index is 1180. The van der Waals surface area contributed by atoms with Crippen molar-refractivity contribution in [1.29, 1.82) is 0 Å². The van der Waals surface area contributed by atoms with E-state index in [-0.39, 0.29) is 12.2 Å². The van der Waals surface area contributed by atoms with Crippen LogP contribution >= 0.6 is 0 Å². The Morgan fingerprint density at radius 2 is 2.00 bits per heavy atom. The third kappa shape index (κ3) is 3.96. The van der Waals surface area contributed by atoms with Crippen molar-refractivity contribution in [3.8, 4) is 28.3 Å². The molecule has 0 aliphatic rings. The van der Waals surface area contributed by atoms with E-state index < -0.39 is 5.97 Å². The molecule has 0 fully saturated rings. The summed E-state index contributed by atoms with van der Waals surface area (Å²) in [7, 11) is 1.53. The molecule has 0 unspecified atom stereocenters. The molecule has 0 bridgehead atoms. The van der Waals surface area contributed by atoms with Crippen LogP contribution in [0.1, 0.15) is 12.0 Å². The summed E-state index contributed by atoms with van der Waals surface area (Å²) >= 11 is 0. The van der Waals surface area contributed by atoms with Crippen molar-refractivity contribution in [3.63, 3.8) is 0 Å². The van der Waals surface area contributed by atoms with Gasteiger partial charge in [0, 0.05) is 29.1 Å². The number of methoxy groups -OCH3 is 1. The fourth-order valence-electron chi connectivity index (χ4n) is 3.16. The van der Waals surface area contributed by atoms with Gasteiger partial charge in [-0.1, -0.05) is 18.2 Å². The first-order chi connectivity index (χ1) is 14.0. The number of halogens is 1. The third-order valence-electron chi connectivity index (χ3n) is 4.71. The van der Waals surface area contributed by atoms with Crippen molar-refractivity contribution in [1.82, 2.24) is 4.98 Å². The SMILES string of the molecule is COc1ccc(F)c(-c2ccc(-c3cc4ccc(CCC(=O)O)cc4o3)nc2)c1. The van der Waals surface area contributed by atoms with Crippen molar-refractivity contribution in [2.45, 2.75) is 12.8 Å². The topological polar surface area (TPSA) is 72.6 Å². The minimum Gasteiger partial charge on any atom is -0.497 e. The van der Waals surface area contributed by atoms with Crippen LogP contribution in [0.2, 0.25) is 0 Å². The fourth-order valence-corrected chi connectivity index (χ4v) is 3.16. The molecule has 5 nitrogen and oxygen atoms in total. The van der Waals surface area contributed by atoms with Crippen LogP contribution in [0, 0.1) is 5.82 Å². The number of hydrogen-bond acceptors (Lipinski definition) is 4. The number of aryl methyl sites for hydroxylation is 1. The van der Waals surface area contributed by atoms with E-state index in [0.29, 0.717) is 40.3 Å². The molecule has 2 aromatic heterocycles. The highest BCUT2D eigenvalue weighted by Gasteiger charge is 2.11. The molecule has 0 saturated carbocycles. The molecule has 2 heterocycles. The number of carbonyl (C=O) groups is 1. The highest BCUT2D eigenvalue weighted by atomic mass is 19.1. The van der Waals surface area contributed by atoms with Gasteiger partial charge >= 0.3 is 5.97 Å². The standard InChI is InChI=1S/C23H18FNO4/c1-28-17-6-7-19(24)18(12-17)16-5-8-20(25-13-16)22-11-15-4-2-14(3-9-23(26)27)10-21(15)29-22/h2,4-8,10-13H,3,9H2,1H3,(H,26,27). The van der Waals surface area contributed by atoms with Crippen LogP contribution < -0.4 is 4.74 Å². The second-order valence-electron chi connectivity index (χ2n) is 6.65. The molecule has 0 radical (unpaired) electrons. The normalized spacial score (nSPS) is 11.0. The molecule has 29 heavy (non-hydrogen) atoms. The highest BCUT2D eigenvalue weighted by Crippen LogP contribution is 2.30. The number of hydrogen-bond donors (Lipinski definition) is 1. The summed E-state index contributed by atoms with van der Waals surface area (Å²) in [4.78, 5) is 15.2. The van der Waals surface area contributed by atoms with Crippen LogP contribution in [0.4, 0.5) is 4.39 Å². The van der Waals surface area contributed by atoms with Gasteiger partial charge in [-0.3, -0.25) is 9.78 Å². The van der Waals surface area contributed by atoms with Crippen LogP contribution in [-0.4, -0.2) is 23.2 Å². The second kappa shape index (κ2) is 7.75. The number of furan rings is 1. The average Bonchev–Trinajstić information content (AvgIpc) is 3.16. The van der Waals surface area contributed by atoms with Crippen molar-refractivity contribution in [3.05, 3.63) is 72.2 Å². The number of nitrogens with zero attached hydrogens (tertiary/aromatic N) is 1. The molecule has 0 saturated heterocycles. The molecule has 0 atom stereocenters. The van der Waals surface area contributed by atoms with E-state index in [1.165, 1.54) is 13.2 Å². The Kier molecular flexibility index (Phi) is 4.99. The number of pyridine rings is 1. The molecule has 0 aliphatic heterocycles. The van der Waals surface area contributed by atoms with Crippen LogP contribution in [0.25, 0.3) is 33.6 Å². The average molecular weight is 391 g/mol. The van der Waals surface area contributed by atoms with E-state index in [0.717, 1.165) is 10.9 Å². The Morgan fingerprint density at radius 1 is 1.14 bits per heavy atom. The molecule has 0 spiro atoms. The number of aliphatic carboxylic acids is 1. The number of benzene rings is 2. The molecule has 0 amide bonds. The summed E-state index contributed by atoms with van der Waals surface area (Å²) < 4.78 is 25.2. The maximum Gasteiger partial charge on any atom is 0.303 e. The molecule has 2 aromatic carbocycles. The third-order valence-corrected chi connectivity index (χ3v) is 4.71. The molecule has 4 rings (SSSR count). The molecule has 4 aromatic rings. The predicted octanol–water partition coefficient (Wildman–Crippen LogP) is 5.33. The molecular weight excluding hydrogens is 373 g/mol. The van der Waals surface area contributed by atoms with E-state index in [9.17, 15) is 9.18 Å². The van der Waals surface area contributed by atoms with Crippen molar-refractivity contribution in [2.75, 3.05) is 7.11 Å². The summed E-state index contributed by atoms with van der Waals surface area (Å²) in [5.74, 6) is -0.0190. The van der Waals surface area contributed by atoms with E-state index in [1.54, 1.807) is 30.5 Å². The molecular formula is C23H18FNO4. The summed E-state index contributed by atoms with van der Waals surface area (Å²) in [6, 6.07) is 15.6. The number of carboxylic acids is 1. The van der Waals surface area contributed by atoms with Crippen molar-refractivity contribution >= 4 is 16.9 Å². The molecule has 6 heteroatoms.